The molecule has 0 aliphatic heterocycles. The van der Waals surface area contributed by atoms with Gasteiger partial charge >= 0.3 is 0 Å². The highest BCUT2D eigenvalue weighted by molar-refractivity contribution is 9.09. The molecular formula is C8H16BrNO3S. The molecule has 0 aromatic heterocycles. The summed E-state index contributed by atoms with van der Waals surface area (Å²) < 4.78 is 22.2. The number of carbonyl (C=O) groups is 1. The van der Waals surface area contributed by atoms with Crippen LogP contribution in [0.1, 0.15) is 13.8 Å². The third-order valence-electron chi connectivity index (χ3n) is 1.89. The first-order chi connectivity index (χ1) is 6.16. The summed E-state index contributed by atoms with van der Waals surface area (Å²) in [7, 11) is -1.69. The summed E-state index contributed by atoms with van der Waals surface area (Å²) in [5.41, 5.74) is 0. The van der Waals surface area contributed by atoms with Crippen LogP contribution in [0, 0.1) is 0 Å². The molecule has 2 unspecified atom stereocenters. The van der Waals surface area contributed by atoms with Crippen molar-refractivity contribution in [1.29, 1.82) is 0 Å². The van der Waals surface area contributed by atoms with E-state index in [1.165, 1.54) is 11.8 Å². The van der Waals surface area contributed by atoms with E-state index in [-0.39, 0.29) is 10.7 Å². The van der Waals surface area contributed by atoms with Gasteiger partial charge in [-0.2, -0.15) is 0 Å². The van der Waals surface area contributed by atoms with Crippen LogP contribution in [-0.2, 0) is 14.6 Å². The Labute approximate surface area is 93.7 Å². The second-order valence-corrected chi connectivity index (χ2v) is 7.40. The van der Waals surface area contributed by atoms with Crippen LogP contribution in [0.5, 0.6) is 0 Å². The third-order valence-corrected chi connectivity index (χ3v) is 3.67. The Bertz CT molecular complexity index is 300. The number of carbonyl (C=O) groups excluding carboxylic acids is 1. The lowest BCUT2D eigenvalue weighted by molar-refractivity contribution is -0.129. The zero-order valence-corrected chi connectivity index (χ0v) is 11.2. The molecule has 0 fully saturated rings. The lowest BCUT2D eigenvalue weighted by atomic mass is 10.3. The van der Waals surface area contributed by atoms with Crippen LogP contribution in [-0.4, -0.2) is 49.2 Å². The molecule has 0 aliphatic carbocycles. The normalized spacial score (nSPS) is 16.1. The van der Waals surface area contributed by atoms with Crippen molar-refractivity contribution in [2.75, 3.05) is 19.8 Å². The maximum atomic E-state index is 11.6. The van der Waals surface area contributed by atoms with Crippen LogP contribution in [0.3, 0.4) is 0 Å². The molecule has 0 N–H and O–H groups in total. The Morgan fingerprint density at radius 1 is 1.43 bits per heavy atom. The van der Waals surface area contributed by atoms with Gasteiger partial charge < -0.3 is 4.90 Å². The Morgan fingerprint density at radius 3 is 2.14 bits per heavy atom. The van der Waals surface area contributed by atoms with Crippen molar-refractivity contribution in [3.8, 4) is 0 Å². The predicted octanol–water partition coefficient (Wildman–Crippen LogP) is 0.661. The van der Waals surface area contributed by atoms with E-state index >= 15 is 0 Å². The maximum Gasteiger partial charge on any atom is 0.240 e. The average Bonchev–Trinajstić information content (AvgIpc) is 1.98. The summed E-state index contributed by atoms with van der Waals surface area (Å²) >= 11 is 3.30. The Morgan fingerprint density at radius 2 is 1.86 bits per heavy atom. The molecule has 0 saturated carbocycles. The topological polar surface area (TPSA) is 54.5 Å². The van der Waals surface area contributed by atoms with E-state index in [1.54, 1.807) is 7.05 Å². The van der Waals surface area contributed by atoms with Crippen molar-refractivity contribution in [2.24, 2.45) is 0 Å². The summed E-state index contributed by atoms with van der Waals surface area (Å²) in [5.74, 6) is -0.362. The Balaban J connectivity index is 4.48. The van der Waals surface area contributed by atoms with Crippen LogP contribution in [0.2, 0.25) is 0 Å². The molecule has 0 aliphatic rings. The van der Waals surface area contributed by atoms with E-state index in [9.17, 15) is 13.2 Å². The number of halogens is 1. The molecule has 1 amide bonds. The van der Waals surface area contributed by atoms with Gasteiger partial charge in [0.15, 0.2) is 9.84 Å². The minimum absolute atomic E-state index is 0.156. The number of alkyl halides is 1. The van der Waals surface area contributed by atoms with Crippen molar-refractivity contribution in [3.63, 3.8) is 0 Å². The van der Waals surface area contributed by atoms with E-state index in [0.29, 0.717) is 6.54 Å². The van der Waals surface area contributed by atoms with Gasteiger partial charge in [0.25, 0.3) is 0 Å². The molecule has 0 saturated heterocycles. The van der Waals surface area contributed by atoms with E-state index in [2.05, 4.69) is 15.9 Å². The van der Waals surface area contributed by atoms with E-state index in [1.807, 2.05) is 6.92 Å². The molecule has 0 spiro atoms. The van der Waals surface area contributed by atoms with Crippen molar-refractivity contribution < 1.29 is 13.2 Å². The monoisotopic (exact) mass is 285 g/mol. The van der Waals surface area contributed by atoms with Gasteiger partial charge in [-0.3, -0.25) is 4.79 Å². The molecule has 2 atom stereocenters. The first-order valence-corrected chi connectivity index (χ1v) is 7.11. The number of nitrogens with zero attached hydrogens (tertiary/aromatic N) is 1. The summed E-state index contributed by atoms with van der Waals surface area (Å²) in [5, 5.41) is -0.959. The van der Waals surface area contributed by atoms with Crippen molar-refractivity contribution in [2.45, 2.75) is 23.9 Å². The molecule has 0 bridgehead atoms. The van der Waals surface area contributed by atoms with Crippen molar-refractivity contribution in [1.82, 2.24) is 4.90 Å². The van der Waals surface area contributed by atoms with Gasteiger partial charge in [-0.25, -0.2) is 8.42 Å². The first kappa shape index (κ1) is 13.9. The number of amides is 1. The van der Waals surface area contributed by atoms with Gasteiger partial charge in [-0.15, -0.1) is 0 Å². The molecule has 14 heavy (non-hydrogen) atoms. The van der Waals surface area contributed by atoms with Gasteiger partial charge in [0, 0.05) is 24.7 Å². The fourth-order valence-corrected chi connectivity index (χ4v) is 1.94. The zero-order valence-electron chi connectivity index (χ0n) is 8.82. The number of sulfone groups is 1. The van der Waals surface area contributed by atoms with E-state index < -0.39 is 15.1 Å². The highest BCUT2D eigenvalue weighted by Gasteiger charge is 2.26. The lowest BCUT2D eigenvalue weighted by Gasteiger charge is -2.21. The van der Waals surface area contributed by atoms with Gasteiger partial charge in [-0.05, 0) is 6.92 Å². The molecule has 0 aromatic carbocycles. The summed E-state index contributed by atoms with van der Waals surface area (Å²) in [6, 6.07) is 0. The van der Waals surface area contributed by atoms with Crippen LogP contribution in [0.25, 0.3) is 0 Å². The minimum atomic E-state index is -3.29. The standard InChI is InChI=1S/C8H16BrNO3S/c1-6(9)5-10(3)8(11)7(2)14(4,12)13/h6-7H,5H2,1-4H3. The molecule has 4 nitrogen and oxygen atoms in total. The molecule has 6 heteroatoms. The molecule has 0 heterocycles. The fraction of sp³-hybridized carbons (Fsp3) is 0.875. The Hall–Kier alpha value is -0.100. The minimum Gasteiger partial charge on any atom is -0.344 e. The highest BCUT2D eigenvalue weighted by Crippen LogP contribution is 2.06. The molecule has 0 aromatic rings. The Kier molecular flexibility index (Phi) is 5.08. The maximum absolute atomic E-state index is 11.6. The summed E-state index contributed by atoms with van der Waals surface area (Å²) in [4.78, 5) is 13.1. The van der Waals surface area contributed by atoms with Gasteiger partial charge in [0.05, 0.1) is 0 Å². The highest BCUT2D eigenvalue weighted by atomic mass is 79.9. The fourth-order valence-electron chi connectivity index (χ4n) is 0.961. The summed E-state index contributed by atoms with van der Waals surface area (Å²) in [6.45, 7) is 3.81. The largest absolute Gasteiger partial charge is 0.344 e. The van der Waals surface area contributed by atoms with E-state index in [0.717, 1.165) is 6.26 Å². The second kappa shape index (κ2) is 5.11. The van der Waals surface area contributed by atoms with Gasteiger partial charge in [0.1, 0.15) is 5.25 Å². The molecule has 84 valence electrons. The van der Waals surface area contributed by atoms with E-state index in [4.69, 9.17) is 0 Å². The third kappa shape index (κ3) is 4.41. The molecular weight excluding hydrogens is 270 g/mol. The van der Waals surface area contributed by atoms with Crippen LogP contribution in [0.15, 0.2) is 0 Å². The zero-order chi connectivity index (χ0) is 11.5. The second-order valence-electron chi connectivity index (χ2n) is 3.47. The van der Waals surface area contributed by atoms with Crippen LogP contribution >= 0.6 is 15.9 Å². The quantitative estimate of drug-likeness (QED) is 0.713. The number of hydrogen-bond donors (Lipinski definition) is 0. The first-order valence-electron chi connectivity index (χ1n) is 4.24. The van der Waals surface area contributed by atoms with Crippen molar-refractivity contribution >= 4 is 31.7 Å². The predicted molar refractivity (Wildman–Crippen MR) is 60.3 cm³/mol. The summed E-state index contributed by atoms with van der Waals surface area (Å²) in [6.07, 6.45) is 1.07. The average molecular weight is 286 g/mol. The SMILES string of the molecule is CC(Br)CN(C)C(=O)C(C)S(C)(=O)=O. The molecule has 0 radical (unpaired) electrons. The van der Waals surface area contributed by atoms with Crippen LogP contribution in [0.4, 0.5) is 0 Å². The molecule has 0 rings (SSSR count). The number of hydrogen-bond acceptors (Lipinski definition) is 3. The smallest absolute Gasteiger partial charge is 0.240 e. The van der Waals surface area contributed by atoms with Gasteiger partial charge in [-0.1, -0.05) is 22.9 Å². The van der Waals surface area contributed by atoms with Gasteiger partial charge in [0.2, 0.25) is 5.91 Å². The van der Waals surface area contributed by atoms with Crippen LogP contribution < -0.4 is 0 Å². The lowest BCUT2D eigenvalue weighted by Crippen LogP contribution is -2.40. The van der Waals surface area contributed by atoms with Crippen molar-refractivity contribution in [3.05, 3.63) is 0 Å². The number of rotatable bonds is 4.